The van der Waals surface area contributed by atoms with E-state index in [0.717, 1.165) is 28.8 Å². The van der Waals surface area contributed by atoms with Crippen molar-refractivity contribution in [2.45, 2.75) is 25.5 Å². The number of nitrogens with two attached hydrogens (primary N) is 1. The second-order valence-electron chi connectivity index (χ2n) is 3.11. The smallest absolute Gasteiger partial charge is 0.156 e. The van der Waals surface area contributed by atoms with E-state index in [2.05, 4.69) is 20.9 Å². The third kappa shape index (κ3) is 2.00. The number of hydrogen-bond donors (Lipinski definition) is 1. The van der Waals surface area contributed by atoms with Crippen molar-refractivity contribution < 1.29 is 4.74 Å². The van der Waals surface area contributed by atoms with E-state index in [0.29, 0.717) is 12.6 Å². The van der Waals surface area contributed by atoms with Crippen molar-refractivity contribution in [1.29, 1.82) is 0 Å². The number of nitrogens with zero attached hydrogens (tertiary/aromatic N) is 1. The highest BCUT2D eigenvalue weighted by Crippen LogP contribution is 2.33. The second kappa shape index (κ2) is 3.64. The van der Waals surface area contributed by atoms with Crippen molar-refractivity contribution in [3.8, 4) is 5.75 Å². The Morgan fingerprint density at radius 3 is 3.00 bits per heavy atom. The SMILES string of the molecule is NCc1ccnc(Br)c1OC1CC1. The number of pyridine rings is 1. The lowest BCUT2D eigenvalue weighted by atomic mass is 10.2. The summed E-state index contributed by atoms with van der Waals surface area (Å²) in [5, 5.41) is 0. The van der Waals surface area contributed by atoms with Gasteiger partial charge in [-0.05, 0) is 34.8 Å². The quantitative estimate of drug-likeness (QED) is 0.824. The van der Waals surface area contributed by atoms with E-state index < -0.39 is 0 Å². The zero-order chi connectivity index (χ0) is 9.26. The van der Waals surface area contributed by atoms with E-state index in [1.807, 2.05) is 6.07 Å². The van der Waals surface area contributed by atoms with Gasteiger partial charge in [-0.2, -0.15) is 0 Å². The molecule has 1 aliphatic rings. The molecule has 3 nitrogen and oxygen atoms in total. The zero-order valence-electron chi connectivity index (χ0n) is 7.16. The maximum absolute atomic E-state index is 5.69. The Morgan fingerprint density at radius 2 is 2.38 bits per heavy atom. The van der Waals surface area contributed by atoms with Crippen LogP contribution < -0.4 is 10.5 Å². The molecule has 1 saturated carbocycles. The van der Waals surface area contributed by atoms with Crippen molar-refractivity contribution in [1.82, 2.24) is 4.98 Å². The fourth-order valence-electron chi connectivity index (χ4n) is 1.10. The van der Waals surface area contributed by atoms with Gasteiger partial charge in [0.1, 0.15) is 4.60 Å². The summed E-state index contributed by atoms with van der Waals surface area (Å²) in [6.45, 7) is 0.489. The predicted molar refractivity (Wildman–Crippen MR) is 53.5 cm³/mol. The minimum absolute atomic E-state index is 0.380. The summed E-state index contributed by atoms with van der Waals surface area (Å²) in [5.41, 5.74) is 6.60. The molecule has 1 heterocycles. The van der Waals surface area contributed by atoms with Gasteiger partial charge in [0, 0.05) is 18.3 Å². The van der Waals surface area contributed by atoms with E-state index in [1.54, 1.807) is 6.20 Å². The maximum atomic E-state index is 5.69. The van der Waals surface area contributed by atoms with Crippen LogP contribution in [-0.2, 0) is 6.54 Å². The molecule has 0 amide bonds. The van der Waals surface area contributed by atoms with Crippen LogP contribution in [0.3, 0.4) is 0 Å². The molecule has 0 spiro atoms. The van der Waals surface area contributed by atoms with Crippen LogP contribution in [0.4, 0.5) is 0 Å². The molecule has 13 heavy (non-hydrogen) atoms. The Hall–Kier alpha value is -0.610. The van der Waals surface area contributed by atoms with E-state index in [1.165, 1.54) is 0 Å². The molecule has 0 radical (unpaired) electrons. The summed E-state index contributed by atoms with van der Waals surface area (Å²) in [6.07, 6.45) is 4.40. The van der Waals surface area contributed by atoms with Crippen LogP contribution in [0.2, 0.25) is 0 Å². The van der Waals surface area contributed by atoms with Gasteiger partial charge in [-0.15, -0.1) is 0 Å². The molecule has 4 heteroatoms. The van der Waals surface area contributed by atoms with Crippen molar-refractivity contribution in [3.63, 3.8) is 0 Å². The van der Waals surface area contributed by atoms with E-state index >= 15 is 0 Å². The molecule has 1 aromatic heterocycles. The number of hydrogen-bond acceptors (Lipinski definition) is 3. The minimum Gasteiger partial charge on any atom is -0.487 e. The van der Waals surface area contributed by atoms with Crippen LogP contribution in [0.1, 0.15) is 18.4 Å². The number of aromatic nitrogens is 1. The Balaban J connectivity index is 2.27. The molecule has 2 N–H and O–H groups in total. The number of ether oxygens (including phenoxy) is 1. The molecule has 0 saturated heterocycles. The first-order chi connectivity index (χ1) is 6.31. The van der Waals surface area contributed by atoms with Crippen LogP contribution in [0.15, 0.2) is 16.9 Å². The van der Waals surface area contributed by atoms with Gasteiger partial charge in [0.15, 0.2) is 5.75 Å². The molecule has 70 valence electrons. The van der Waals surface area contributed by atoms with E-state index in [9.17, 15) is 0 Å². The first-order valence-corrected chi connectivity index (χ1v) is 5.10. The third-order valence-electron chi connectivity index (χ3n) is 1.97. The normalized spacial score (nSPS) is 15.8. The topological polar surface area (TPSA) is 48.1 Å². The average Bonchev–Trinajstić information content (AvgIpc) is 2.92. The van der Waals surface area contributed by atoms with Gasteiger partial charge in [0.2, 0.25) is 0 Å². The molecule has 0 aromatic carbocycles. The molecular formula is C9H11BrN2O. The molecule has 0 unspecified atom stereocenters. The minimum atomic E-state index is 0.380. The molecule has 0 bridgehead atoms. The highest BCUT2D eigenvalue weighted by atomic mass is 79.9. The van der Waals surface area contributed by atoms with Crippen molar-refractivity contribution in [2.24, 2.45) is 5.73 Å². The highest BCUT2D eigenvalue weighted by Gasteiger charge is 2.25. The average molecular weight is 243 g/mol. The van der Waals surface area contributed by atoms with Gasteiger partial charge in [-0.1, -0.05) is 0 Å². The first kappa shape index (κ1) is 8.97. The summed E-state index contributed by atoms with van der Waals surface area (Å²) < 4.78 is 6.44. The molecule has 2 rings (SSSR count). The van der Waals surface area contributed by atoms with Gasteiger partial charge < -0.3 is 10.5 Å². The lowest BCUT2D eigenvalue weighted by molar-refractivity contribution is 0.296. The van der Waals surface area contributed by atoms with E-state index in [-0.39, 0.29) is 0 Å². The van der Waals surface area contributed by atoms with Crippen LogP contribution >= 0.6 is 15.9 Å². The first-order valence-electron chi connectivity index (χ1n) is 4.31. The Morgan fingerprint density at radius 1 is 1.62 bits per heavy atom. The lowest BCUT2D eigenvalue weighted by Crippen LogP contribution is -2.05. The standard InChI is InChI=1S/C9H11BrN2O/c10-9-8(13-7-1-2-7)6(5-11)3-4-12-9/h3-4,7H,1-2,5,11H2. The van der Waals surface area contributed by atoms with Crippen molar-refractivity contribution in [2.75, 3.05) is 0 Å². The van der Waals surface area contributed by atoms with Crippen molar-refractivity contribution >= 4 is 15.9 Å². The van der Waals surface area contributed by atoms with Crippen molar-refractivity contribution in [3.05, 3.63) is 22.4 Å². The summed E-state index contributed by atoms with van der Waals surface area (Å²) in [4.78, 5) is 4.10. The van der Waals surface area contributed by atoms with Gasteiger partial charge in [-0.25, -0.2) is 4.98 Å². The maximum Gasteiger partial charge on any atom is 0.156 e. The summed E-state index contributed by atoms with van der Waals surface area (Å²) in [7, 11) is 0. The fourth-order valence-corrected chi connectivity index (χ4v) is 1.56. The highest BCUT2D eigenvalue weighted by molar-refractivity contribution is 9.10. The number of halogens is 1. The monoisotopic (exact) mass is 242 g/mol. The van der Waals surface area contributed by atoms with Crippen LogP contribution in [0, 0.1) is 0 Å². The second-order valence-corrected chi connectivity index (χ2v) is 3.86. The summed E-state index contributed by atoms with van der Waals surface area (Å²) in [5.74, 6) is 0.813. The summed E-state index contributed by atoms with van der Waals surface area (Å²) in [6, 6.07) is 1.89. The van der Waals surface area contributed by atoms with Gasteiger partial charge in [0.25, 0.3) is 0 Å². The predicted octanol–water partition coefficient (Wildman–Crippen LogP) is 1.84. The fraction of sp³-hybridized carbons (Fsp3) is 0.444. The molecule has 0 atom stereocenters. The Bertz CT molecular complexity index is 312. The van der Waals surface area contributed by atoms with E-state index in [4.69, 9.17) is 10.5 Å². The van der Waals surface area contributed by atoms with Gasteiger partial charge in [-0.3, -0.25) is 0 Å². The van der Waals surface area contributed by atoms with Crippen LogP contribution in [-0.4, -0.2) is 11.1 Å². The van der Waals surface area contributed by atoms with Gasteiger partial charge >= 0.3 is 0 Å². The zero-order valence-corrected chi connectivity index (χ0v) is 8.75. The molecule has 0 aliphatic heterocycles. The molecular weight excluding hydrogens is 232 g/mol. The van der Waals surface area contributed by atoms with Crippen LogP contribution in [0.5, 0.6) is 5.75 Å². The lowest BCUT2D eigenvalue weighted by Gasteiger charge is -2.10. The molecule has 1 aliphatic carbocycles. The number of rotatable bonds is 3. The van der Waals surface area contributed by atoms with Gasteiger partial charge in [0.05, 0.1) is 6.10 Å². The largest absolute Gasteiger partial charge is 0.487 e. The molecule has 1 aromatic rings. The Kier molecular flexibility index (Phi) is 2.51. The third-order valence-corrected chi connectivity index (χ3v) is 2.54. The molecule has 1 fully saturated rings. The summed E-state index contributed by atoms with van der Waals surface area (Å²) >= 11 is 3.35. The Labute approximate surface area is 85.4 Å². The van der Waals surface area contributed by atoms with Crippen LogP contribution in [0.25, 0.3) is 0 Å².